The van der Waals surface area contributed by atoms with E-state index in [-0.39, 0.29) is 6.04 Å². The third kappa shape index (κ3) is 3.60. The number of nitrogens with two attached hydrogens (primary N) is 1. The van der Waals surface area contributed by atoms with E-state index < -0.39 is 0 Å². The summed E-state index contributed by atoms with van der Waals surface area (Å²) in [6.45, 7) is 4.16. The van der Waals surface area contributed by atoms with E-state index in [1.807, 2.05) is 36.9 Å². The van der Waals surface area contributed by atoms with Crippen LogP contribution in [0, 0.1) is 6.92 Å². The molecule has 0 saturated carbocycles. The lowest BCUT2D eigenvalue weighted by Crippen LogP contribution is -2.21. The maximum Gasteiger partial charge on any atom is 0.132 e. The molecule has 0 amide bonds. The van der Waals surface area contributed by atoms with Crippen molar-refractivity contribution >= 4 is 11.8 Å². The van der Waals surface area contributed by atoms with Crippen LogP contribution in [-0.4, -0.2) is 22.9 Å². The highest BCUT2D eigenvalue weighted by Crippen LogP contribution is 2.37. The number of benzene rings is 1. The quantitative estimate of drug-likeness (QED) is 0.890. The molecule has 0 bridgehead atoms. The molecule has 0 aliphatic heterocycles. The summed E-state index contributed by atoms with van der Waals surface area (Å²) in [4.78, 5) is 1.09. The first-order valence-corrected chi connectivity index (χ1v) is 7.97. The van der Waals surface area contributed by atoms with Crippen molar-refractivity contribution in [3.8, 4) is 5.75 Å². The number of aryl methyl sites for hydroxylation is 2. The summed E-state index contributed by atoms with van der Waals surface area (Å²) < 4.78 is 7.37. The van der Waals surface area contributed by atoms with Crippen molar-refractivity contribution in [3.05, 3.63) is 35.5 Å². The van der Waals surface area contributed by atoms with Crippen molar-refractivity contribution in [2.45, 2.75) is 42.7 Å². The fourth-order valence-corrected chi connectivity index (χ4v) is 3.39. The van der Waals surface area contributed by atoms with Gasteiger partial charge in [-0.15, -0.1) is 0 Å². The van der Waals surface area contributed by atoms with Gasteiger partial charge in [0.15, 0.2) is 0 Å². The molecule has 0 spiro atoms. The summed E-state index contributed by atoms with van der Waals surface area (Å²) in [5.41, 5.74) is 8.42. The normalized spacial score (nSPS) is 12.4. The van der Waals surface area contributed by atoms with Gasteiger partial charge in [0, 0.05) is 18.7 Å². The van der Waals surface area contributed by atoms with E-state index in [1.165, 1.54) is 5.56 Å². The largest absolute Gasteiger partial charge is 0.496 e. The summed E-state index contributed by atoms with van der Waals surface area (Å²) in [7, 11) is 3.67. The summed E-state index contributed by atoms with van der Waals surface area (Å²) in [5, 5.41) is 5.69. The fraction of sp³-hybridized carbons (Fsp3) is 0.438. The van der Waals surface area contributed by atoms with Crippen LogP contribution in [0.2, 0.25) is 0 Å². The second-order valence-electron chi connectivity index (χ2n) is 5.12. The van der Waals surface area contributed by atoms with Crippen molar-refractivity contribution < 1.29 is 4.74 Å². The Hall–Kier alpha value is -1.46. The van der Waals surface area contributed by atoms with E-state index in [9.17, 15) is 0 Å². The highest BCUT2D eigenvalue weighted by atomic mass is 32.2. The lowest BCUT2D eigenvalue weighted by Gasteiger charge is -2.12. The molecule has 1 aromatic carbocycles. The molecule has 1 unspecified atom stereocenters. The minimum absolute atomic E-state index is 0.171. The van der Waals surface area contributed by atoms with Gasteiger partial charge in [-0.3, -0.25) is 4.68 Å². The third-order valence-corrected chi connectivity index (χ3v) is 4.82. The predicted octanol–water partition coefficient (Wildman–Crippen LogP) is 3.17. The molecule has 5 heteroatoms. The molecule has 0 radical (unpaired) electrons. The second-order valence-corrected chi connectivity index (χ2v) is 6.15. The Labute approximate surface area is 130 Å². The summed E-state index contributed by atoms with van der Waals surface area (Å²) in [5.74, 6) is 0.882. The molecule has 0 saturated heterocycles. The zero-order valence-electron chi connectivity index (χ0n) is 13.1. The minimum Gasteiger partial charge on any atom is -0.496 e. The van der Waals surface area contributed by atoms with E-state index in [2.05, 4.69) is 18.1 Å². The van der Waals surface area contributed by atoms with Gasteiger partial charge in [-0.1, -0.05) is 30.8 Å². The molecule has 0 fully saturated rings. The Morgan fingerprint density at radius 3 is 2.76 bits per heavy atom. The van der Waals surface area contributed by atoms with Gasteiger partial charge in [0.1, 0.15) is 10.8 Å². The smallest absolute Gasteiger partial charge is 0.132 e. The molecular formula is C16H23N3OS. The number of hydrogen-bond donors (Lipinski definition) is 1. The fourth-order valence-electron chi connectivity index (χ4n) is 2.26. The Morgan fingerprint density at radius 2 is 2.10 bits per heavy atom. The van der Waals surface area contributed by atoms with Gasteiger partial charge >= 0.3 is 0 Å². The first kappa shape index (κ1) is 15.9. The van der Waals surface area contributed by atoms with Crippen LogP contribution in [0.4, 0.5) is 0 Å². The first-order chi connectivity index (χ1) is 10.1. The number of para-hydroxylation sites is 1. The van der Waals surface area contributed by atoms with E-state index in [1.54, 1.807) is 18.9 Å². The van der Waals surface area contributed by atoms with Gasteiger partial charge in [0.25, 0.3) is 0 Å². The Balaban J connectivity index is 2.35. The lowest BCUT2D eigenvalue weighted by molar-refractivity contribution is 0.405. The van der Waals surface area contributed by atoms with Crippen LogP contribution in [0.5, 0.6) is 5.75 Å². The van der Waals surface area contributed by atoms with Gasteiger partial charge in [-0.25, -0.2) is 0 Å². The summed E-state index contributed by atoms with van der Waals surface area (Å²) in [6, 6.07) is 8.21. The maximum absolute atomic E-state index is 6.13. The van der Waals surface area contributed by atoms with Gasteiger partial charge in [0.2, 0.25) is 0 Å². The average molecular weight is 305 g/mol. The van der Waals surface area contributed by atoms with Gasteiger partial charge in [-0.2, -0.15) is 5.10 Å². The van der Waals surface area contributed by atoms with Crippen LogP contribution in [0.1, 0.15) is 24.6 Å². The van der Waals surface area contributed by atoms with Gasteiger partial charge in [0.05, 0.1) is 17.7 Å². The Morgan fingerprint density at radius 1 is 1.38 bits per heavy atom. The van der Waals surface area contributed by atoms with E-state index in [4.69, 9.17) is 10.5 Å². The zero-order valence-corrected chi connectivity index (χ0v) is 13.9. The lowest BCUT2D eigenvalue weighted by atomic mass is 10.1. The van der Waals surface area contributed by atoms with Crippen LogP contribution in [0.3, 0.4) is 0 Å². The number of hydrogen-bond acceptors (Lipinski definition) is 4. The molecule has 2 aromatic rings. The molecule has 0 aliphatic carbocycles. The van der Waals surface area contributed by atoms with Crippen LogP contribution in [0.25, 0.3) is 0 Å². The van der Waals surface area contributed by atoms with E-state index in [0.717, 1.165) is 34.2 Å². The average Bonchev–Trinajstić information content (AvgIpc) is 2.74. The van der Waals surface area contributed by atoms with Gasteiger partial charge < -0.3 is 10.5 Å². The molecule has 2 rings (SSSR count). The molecule has 1 atom stereocenters. The maximum atomic E-state index is 6.13. The standard InChI is InChI=1S/C16H23N3OS/c1-5-12(17)10-13-11(2)18-19(3)16(13)21-15-9-7-6-8-14(15)20-4/h6-9,12H,5,10,17H2,1-4H3. The number of ether oxygens (including phenoxy) is 1. The number of aromatic nitrogens is 2. The van der Waals surface area contributed by atoms with Crippen LogP contribution < -0.4 is 10.5 Å². The molecule has 1 aromatic heterocycles. The van der Waals surface area contributed by atoms with Crippen LogP contribution >= 0.6 is 11.8 Å². The third-order valence-electron chi connectivity index (χ3n) is 3.56. The van der Waals surface area contributed by atoms with Gasteiger partial charge in [-0.05, 0) is 31.9 Å². The molecule has 0 aliphatic rings. The minimum atomic E-state index is 0.171. The summed E-state index contributed by atoms with van der Waals surface area (Å²) in [6.07, 6.45) is 1.82. The van der Waals surface area contributed by atoms with Crippen LogP contribution in [0.15, 0.2) is 34.2 Å². The topological polar surface area (TPSA) is 53.1 Å². The molecule has 1 heterocycles. The number of methoxy groups -OCH3 is 1. The van der Waals surface area contributed by atoms with Crippen molar-refractivity contribution in [2.75, 3.05) is 7.11 Å². The second kappa shape index (κ2) is 7.00. The van der Waals surface area contributed by atoms with Crippen molar-refractivity contribution in [1.29, 1.82) is 0 Å². The number of rotatable bonds is 6. The highest BCUT2D eigenvalue weighted by Gasteiger charge is 2.18. The Kier molecular flexibility index (Phi) is 5.31. The SMILES string of the molecule is CCC(N)Cc1c(C)nn(C)c1Sc1ccccc1OC. The van der Waals surface area contributed by atoms with Crippen molar-refractivity contribution in [3.63, 3.8) is 0 Å². The summed E-state index contributed by atoms with van der Waals surface area (Å²) >= 11 is 1.69. The van der Waals surface area contributed by atoms with E-state index >= 15 is 0 Å². The van der Waals surface area contributed by atoms with E-state index in [0.29, 0.717) is 0 Å². The highest BCUT2D eigenvalue weighted by molar-refractivity contribution is 7.99. The van der Waals surface area contributed by atoms with Crippen molar-refractivity contribution in [1.82, 2.24) is 9.78 Å². The zero-order chi connectivity index (χ0) is 15.4. The number of nitrogens with zero attached hydrogens (tertiary/aromatic N) is 2. The Bertz CT molecular complexity index is 610. The molecule has 21 heavy (non-hydrogen) atoms. The van der Waals surface area contributed by atoms with Crippen molar-refractivity contribution in [2.24, 2.45) is 12.8 Å². The monoisotopic (exact) mass is 305 g/mol. The van der Waals surface area contributed by atoms with Crippen LogP contribution in [-0.2, 0) is 13.5 Å². The molecule has 4 nitrogen and oxygen atoms in total. The predicted molar refractivity (Wildman–Crippen MR) is 87.0 cm³/mol. The molecule has 2 N–H and O–H groups in total. The molecule has 114 valence electrons. The first-order valence-electron chi connectivity index (χ1n) is 7.15. The molecular weight excluding hydrogens is 282 g/mol.